The number of methoxy groups -OCH3 is 1. The highest BCUT2D eigenvalue weighted by Crippen LogP contribution is 2.24. The third-order valence-electron chi connectivity index (χ3n) is 4.36. The van der Waals surface area contributed by atoms with Crippen LogP contribution in [0.3, 0.4) is 0 Å². The van der Waals surface area contributed by atoms with Gasteiger partial charge in [0.1, 0.15) is 11.5 Å². The number of hydrogen-bond acceptors (Lipinski definition) is 6. The third-order valence-corrected chi connectivity index (χ3v) is 4.36. The van der Waals surface area contributed by atoms with Crippen LogP contribution in [-0.2, 0) is 14.3 Å². The summed E-state index contributed by atoms with van der Waals surface area (Å²) in [5, 5.41) is 2.66. The van der Waals surface area contributed by atoms with Crippen molar-refractivity contribution < 1.29 is 28.6 Å². The molecule has 0 heterocycles. The SMILES string of the molecule is COC(=O)N(C)c1ccccc1C(=O)OCC(=O)Nc1cccc(Oc2ccccc2)c1. The van der Waals surface area contributed by atoms with E-state index in [-0.39, 0.29) is 5.56 Å². The van der Waals surface area contributed by atoms with Crippen molar-refractivity contribution in [1.29, 1.82) is 0 Å². The predicted molar refractivity (Wildman–Crippen MR) is 119 cm³/mol. The molecule has 0 bridgehead atoms. The molecule has 0 unspecified atom stereocenters. The van der Waals surface area contributed by atoms with Crippen LogP contribution in [-0.4, -0.2) is 38.7 Å². The van der Waals surface area contributed by atoms with Gasteiger partial charge < -0.3 is 19.5 Å². The number of para-hydroxylation sites is 2. The van der Waals surface area contributed by atoms with Crippen LogP contribution in [0.25, 0.3) is 0 Å². The van der Waals surface area contributed by atoms with Crippen LogP contribution in [0.15, 0.2) is 78.9 Å². The molecule has 2 amide bonds. The zero-order chi connectivity index (χ0) is 22.9. The lowest BCUT2D eigenvalue weighted by molar-refractivity contribution is -0.119. The second kappa shape index (κ2) is 10.6. The Balaban J connectivity index is 1.59. The van der Waals surface area contributed by atoms with Gasteiger partial charge in [0.15, 0.2) is 6.61 Å². The molecule has 0 aliphatic rings. The van der Waals surface area contributed by atoms with Crippen molar-refractivity contribution in [3.8, 4) is 11.5 Å². The minimum atomic E-state index is -0.743. The number of ether oxygens (including phenoxy) is 3. The van der Waals surface area contributed by atoms with Crippen molar-refractivity contribution >= 4 is 29.3 Å². The van der Waals surface area contributed by atoms with Gasteiger partial charge in [-0.05, 0) is 36.4 Å². The van der Waals surface area contributed by atoms with Gasteiger partial charge in [-0.15, -0.1) is 0 Å². The van der Waals surface area contributed by atoms with Gasteiger partial charge >= 0.3 is 12.1 Å². The molecule has 0 aliphatic carbocycles. The van der Waals surface area contributed by atoms with Crippen LogP contribution in [0.5, 0.6) is 11.5 Å². The minimum absolute atomic E-state index is 0.131. The molecule has 0 spiro atoms. The van der Waals surface area contributed by atoms with Crippen molar-refractivity contribution in [1.82, 2.24) is 0 Å². The summed E-state index contributed by atoms with van der Waals surface area (Å²) in [4.78, 5) is 37.7. The number of carbonyl (C=O) groups is 3. The van der Waals surface area contributed by atoms with E-state index in [0.29, 0.717) is 22.9 Å². The van der Waals surface area contributed by atoms with Crippen LogP contribution in [0, 0.1) is 0 Å². The smallest absolute Gasteiger partial charge is 0.413 e. The Hall–Kier alpha value is -4.33. The first-order valence-electron chi connectivity index (χ1n) is 9.68. The average Bonchev–Trinajstić information content (AvgIpc) is 2.82. The van der Waals surface area contributed by atoms with Gasteiger partial charge in [-0.25, -0.2) is 9.59 Å². The van der Waals surface area contributed by atoms with Gasteiger partial charge in [0.05, 0.1) is 18.4 Å². The summed E-state index contributed by atoms with van der Waals surface area (Å²) in [6.45, 7) is -0.501. The summed E-state index contributed by atoms with van der Waals surface area (Å²) in [6.07, 6.45) is -0.638. The predicted octanol–water partition coefficient (Wildman–Crippen LogP) is 4.48. The Labute approximate surface area is 185 Å². The summed E-state index contributed by atoms with van der Waals surface area (Å²) in [7, 11) is 2.71. The monoisotopic (exact) mass is 434 g/mol. The van der Waals surface area contributed by atoms with Crippen LogP contribution in [0.2, 0.25) is 0 Å². The zero-order valence-electron chi connectivity index (χ0n) is 17.6. The highest BCUT2D eigenvalue weighted by Gasteiger charge is 2.20. The Kier molecular flexibility index (Phi) is 7.42. The van der Waals surface area contributed by atoms with Gasteiger partial charge in [-0.1, -0.05) is 36.4 Å². The Morgan fingerprint density at radius 2 is 1.56 bits per heavy atom. The third kappa shape index (κ3) is 5.85. The number of carbonyl (C=O) groups excluding carboxylic acids is 3. The van der Waals surface area contributed by atoms with E-state index < -0.39 is 24.6 Å². The van der Waals surface area contributed by atoms with E-state index in [1.807, 2.05) is 30.3 Å². The average molecular weight is 434 g/mol. The molecule has 8 heteroatoms. The Bertz CT molecular complexity index is 1100. The number of amides is 2. The van der Waals surface area contributed by atoms with Gasteiger partial charge in [0.25, 0.3) is 5.91 Å². The highest BCUT2D eigenvalue weighted by atomic mass is 16.5. The fraction of sp³-hybridized carbons (Fsp3) is 0.125. The molecule has 0 saturated carbocycles. The van der Waals surface area contributed by atoms with Crippen molar-refractivity contribution in [2.24, 2.45) is 0 Å². The van der Waals surface area contributed by atoms with E-state index in [2.05, 4.69) is 10.1 Å². The van der Waals surface area contributed by atoms with E-state index in [1.165, 1.54) is 25.1 Å². The number of benzene rings is 3. The maximum atomic E-state index is 12.5. The number of esters is 1. The normalized spacial score (nSPS) is 10.1. The largest absolute Gasteiger partial charge is 0.457 e. The van der Waals surface area contributed by atoms with E-state index in [0.717, 1.165) is 0 Å². The maximum Gasteiger partial charge on any atom is 0.413 e. The molecule has 0 aromatic heterocycles. The topological polar surface area (TPSA) is 94.2 Å². The van der Waals surface area contributed by atoms with Gasteiger partial charge in [-0.2, -0.15) is 0 Å². The molecule has 32 heavy (non-hydrogen) atoms. The molecule has 164 valence electrons. The van der Waals surface area contributed by atoms with E-state index in [4.69, 9.17) is 9.47 Å². The molecular formula is C24H22N2O6. The van der Waals surface area contributed by atoms with Crippen molar-refractivity contribution in [3.05, 3.63) is 84.4 Å². The second-order valence-corrected chi connectivity index (χ2v) is 6.61. The van der Waals surface area contributed by atoms with Gasteiger partial charge in [0, 0.05) is 18.8 Å². The Morgan fingerprint density at radius 3 is 2.31 bits per heavy atom. The number of hydrogen-bond donors (Lipinski definition) is 1. The summed E-state index contributed by atoms with van der Waals surface area (Å²) in [5.74, 6) is -0.0482. The summed E-state index contributed by atoms with van der Waals surface area (Å²) < 4.78 is 15.5. The molecule has 1 N–H and O–H groups in total. The molecule has 0 radical (unpaired) electrons. The standard InChI is InChI=1S/C24H22N2O6/c1-26(24(29)30-2)21-14-7-6-13-20(21)23(28)31-16-22(27)25-17-9-8-12-19(15-17)32-18-10-4-3-5-11-18/h3-15H,16H2,1-2H3,(H,25,27). The first kappa shape index (κ1) is 22.4. The number of nitrogens with zero attached hydrogens (tertiary/aromatic N) is 1. The van der Waals surface area contributed by atoms with Crippen LogP contribution >= 0.6 is 0 Å². The van der Waals surface area contributed by atoms with E-state index in [1.54, 1.807) is 42.5 Å². The second-order valence-electron chi connectivity index (χ2n) is 6.61. The molecular weight excluding hydrogens is 412 g/mol. The number of nitrogens with one attached hydrogen (secondary N) is 1. The van der Waals surface area contributed by atoms with Crippen molar-refractivity contribution in [3.63, 3.8) is 0 Å². The summed E-state index contributed by atoms with van der Waals surface area (Å²) >= 11 is 0. The number of anilines is 2. The van der Waals surface area contributed by atoms with Crippen molar-refractivity contribution in [2.45, 2.75) is 0 Å². The molecule has 0 aliphatic heterocycles. The van der Waals surface area contributed by atoms with Crippen LogP contribution in [0.4, 0.5) is 16.2 Å². The van der Waals surface area contributed by atoms with Crippen LogP contribution in [0.1, 0.15) is 10.4 Å². The van der Waals surface area contributed by atoms with Crippen molar-refractivity contribution in [2.75, 3.05) is 31.0 Å². The molecule has 0 saturated heterocycles. The van der Waals surface area contributed by atoms with E-state index in [9.17, 15) is 14.4 Å². The molecule has 8 nitrogen and oxygen atoms in total. The number of rotatable bonds is 7. The van der Waals surface area contributed by atoms with E-state index >= 15 is 0 Å². The molecule has 3 rings (SSSR count). The van der Waals surface area contributed by atoms with Gasteiger partial charge in [0.2, 0.25) is 0 Å². The fourth-order valence-corrected chi connectivity index (χ4v) is 2.84. The minimum Gasteiger partial charge on any atom is -0.457 e. The zero-order valence-corrected chi connectivity index (χ0v) is 17.6. The fourth-order valence-electron chi connectivity index (χ4n) is 2.84. The molecule has 0 fully saturated rings. The molecule has 3 aromatic rings. The molecule has 0 atom stereocenters. The maximum absolute atomic E-state index is 12.5. The quantitative estimate of drug-likeness (QED) is 0.551. The lowest BCUT2D eigenvalue weighted by Gasteiger charge is -2.18. The highest BCUT2D eigenvalue weighted by molar-refractivity contribution is 6.01. The summed E-state index contributed by atoms with van der Waals surface area (Å²) in [6, 6.07) is 22.5. The first-order valence-corrected chi connectivity index (χ1v) is 9.68. The summed E-state index contributed by atoms with van der Waals surface area (Å²) in [5.41, 5.74) is 0.923. The Morgan fingerprint density at radius 1 is 0.875 bits per heavy atom. The lowest BCUT2D eigenvalue weighted by atomic mass is 10.1. The lowest BCUT2D eigenvalue weighted by Crippen LogP contribution is -2.28. The van der Waals surface area contributed by atoms with Gasteiger partial charge in [-0.3, -0.25) is 9.69 Å². The first-order chi connectivity index (χ1) is 15.5. The molecule has 3 aromatic carbocycles. The van der Waals surface area contributed by atoms with Crippen LogP contribution < -0.4 is 15.0 Å².